The minimum absolute atomic E-state index is 0.0598. The molecule has 0 saturated carbocycles. The third kappa shape index (κ3) is 3.64. The van der Waals surface area contributed by atoms with Gasteiger partial charge in [0.15, 0.2) is 12.4 Å². The van der Waals surface area contributed by atoms with E-state index in [0.29, 0.717) is 0 Å². The van der Waals surface area contributed by atoms with Gasteiger partial charge in [0.05, 0.1) is 6.07 Å². The fraction of sp³-hybridized carbons (Fsp3) is 0.231. The van der Waals surface area contributed by atoms with E-state index in [1.54, 1.807) is 12.1 Å². The van der Waals surface area contributed by atoms with Crippen LogP contribution in [0.15, 0.2) is 24.3 Å². The third-order valence-corrected chi connectivity index (χ3v) is 2.35. The maximum Gasteiger partial charge on any atom is 0.342 e. The molecule has 19 heavy (non-hydrogen) atoms. The summed E-state index contributed by atoms with van der Waals surface area (Å²) < 4.78 is 4.71. The number of nitrogens with zero attached hydrogens (tertiary/aromatic N) is 1. The molecule has 1 unspecified atom stereocenters. The highest BCUT2D eigenvalue weighted by Crippen LogP contribution is 2.16. The number of hydrogen-bond acceptors (Lipinski definition) is 6. The lowest BCUT2D eigenvalue weighted by atomic mass is 10.0. The van der Waals surface area contributed by atoms with Crippen molar-refractivity contribution in [2.24, 2.45) is 5.92 Å². The van der Waals surface area contributed by atoms with Gasteiger partial charge in [-0.2, -0.15) is 5.26 Å². The average Bonchev–Trinajstić information content (AvgIpc) is 2.37. The first-order valence-corrected chi connectivity index (χ1v) is 5.40. The van der Waals surface area contributed by atoms with Crippen LogP contribution in [0.2, 0.25) is 0 Å². The lowest BCUT2D eigenvalue weighted by molar-refractivity contribution is -0.122. The van der Waals surface area contributed by atoms with Crippen molar-refractivity contribution in [2.75, 3.05) is 6.61 Å². The van der Waals surface area contributed by atoms with Crippen molar-refractivity contribution in [1.29, 1.82) is 10.7 Å². The van der Waals surface area contributed by atoms with Gasteiger partial charge in [-0.1, -0.05) is 12.1 Å². The Morgan fingerprint density at radius 2 is 2.11 bits per heavy atom. The number of carbonyl (C=O) groups is 2. The molecule has 1 aromatic carbocycles. The molecule has 0 spiro atoms. The second-order valence-electron chi connectivity index (χ2n) is 3.80. The molecule has 0 aliphatic heterocycles. The van der Waals surface area contributed by atoms with E-state index in [2.05, 4.69) is 0 Å². The van der Waals surface area contributed by atoms with Gasteiger partial charge < -0.3 is 15.3 Å². The van der Waals surface area contributed by atoms with Crippen LogP contribution in [0.25, 0.3) is 0 Å². The Balaban J connectivity index is 2.66. The first kappa shape index (κ1) is 14.4. The van der Waals surface area contributed by atoms with Crippen LogP contribution in [-0.4, -0.2) is 29.2 Å². The highest BCUT2D eigenvalue weighted by atomic mass is 16.5. The molecule has 0 amide bonds. The topological polar surface area (TPSA) is 111 Å². The summed E-state index contributed by atoms with van der Waals surface area (Å²) in [4.78, 5) is 23.1. The van der Waals surface area contributed by atoms with E-state index in [4.69, 9.17) is 15.4 Å². The number of phenolic OH excluding ortho intramolecular Hbond substituents is 1. The van der Waals surface area contributed by atoms with Crippen LogP contribution in [-0.2, 0) is 9.53 Å². The molecule has 0 aliphatic rings. The zero-order chi connectivity index (χ0) is 14.4. The number of phenols is 1. The first-order valence-electron chi connectivity index (χ1n) is 5.40. The van der Waals surface area contributed by atoms with Crippen molar-refractivity contribution < 1.29 is 19.4 Å². The Bertz CT molecular complexity index is 560. The molecule has 0 bridgehead atoms. The monoisotopic (exact) mass is 260 g/mol. The molecule has 1 aromatic rings. The number of rotatable bonds is 5. The minimum Gasteiger partial charge on any atom is -0.507 e. The van der Waals surface area contributed by atoms with E-state index in [1.165, 1.54) is 25.1 Å². The molecule has 0 fully saturated rings. The maximum atomic E-state index is 11.6. The number of ether oxygens (including phenoxy) is 1. The fourth-order valence-electron chi connectivity index (χ4n) is 1.35. The molecule has 6 nitrogen and oxygen atoms in total. The predicted molar refractivity (Wildman–Crippen MR) is 65.9 cm³/mol. The van der Waals surface area contributed by atoms with Gasteiger partial charge in [0.25, 0.3) is 0 Å². The third-order valence-electron chi connectivity index (χ3n) is 2.35. The zero-order valence-electron chi connectivity index (χ0n) is 10.2. The van der Waals surface area contributed by atoms with E-state index in [1.807, 2.05) is 0 Å². The lowest BCUT2D eigenvalue weighted by Crippen LogP contribution is -2.25. The minimum atomic E-state index is -1.21. The van der Waals surface area contributed by atoms with Gasteiger partial charge in [-0.3, -0.25) is 4.79 Å². The van der Waals surface area contributed by atoms with Gasteiger partial charge in [0.2, 0.25) is 0 Å². The van der Waals surface area contributed by atoms with Crippen LogP contribution < -0.4 is 0 Å². The van der Waals surface area contributed by atoms with Crippen LogP contribution >= 0.6 is 0 Å². The number of para-hydroxylation sites is 1. The van der Waals surface area contributed by atoms with Gasteiger partial charge in [0.1, 0.15) is 17.2 Å². The normalized spacial score (nSPS) is 11.2. The van der Waals surface area contributed by atoms with E-state index in [-0.39, 0.29) is 17.0 Å². The number of hydrogen-bond donors (Lipinski definition) is 2. The van der Waals surface area contributed by atoms with E-state index in [9.17, 15) is 14.7 Å². The molecule has 1 atom stereocenters. The molecular formula is C13H12N2O4. The second kappa shape index (κ2) is 6.31. The number of Topliss-reactive ketones (excluding diaryl/α,β-unsaturated/α-hetero) is 1. The fourth-order valence-corrected chi connectivity index (χ4v) is 1.35. The molecule has 0 heterocycles. The Morgan fingerprint density at radius 3 is 2.63 bits per heavy atom. The van der Waals surface area contributed by atoms with Gasteiger partial charge in [0, 0.05) is 5.71 Å². The van der Waals surface area contributed by atoms with Crippen molar-refractivity contribution in [3.63, 3.8) is 0 Å². The summed E-state index contributed by atoms with van der Waals surface area (Å²) in [6.45, 7) is 0.720. The van der Waals surface area contributed by atoms with Crippen LogP contribution in [0.4, 0.5) is 0 Å². The van der Waals surface area contributed by atoms with Gasteiger partial charge in [-0.15, -0.1) is 0 Å². The van der Waals surface area contributed by atoms with Crippen molar-refractivity contribution in [1.82, 2.24) is 0 Å². The highest BCUT2D eigenvalue weighted by molar-refractivity contribution is 6.06. The van der Waals surface area contributed by atoms with Crippen molar-refractivity contribution in [3.8, 4) is 11.8 Å². The Labute approximate surface area is 109 Å². The summed E-state index contributed by atoms with van der Waals surface area (Å²) >= 11 is 0. The Hall–Kier alpha value is -2.68. The highest BCUT2D eigenvalue weighted by Gasteiger charge is 2.22. The maximum absolute atomic E-state index is 11.6. The number of nitriles is 1. The Kier molecular flexibility index (Phi) is 4.77. The van der Waals surface area contributed by atoms with Crippen LogP contribution in [0.5, 0.6) is 5.75 Å². The number of benzene rings is 1. The van der Waals surface area contributed by atoms with Crippen molar-refractivity contribution in [2.45, 2.75) is 6.92 Å². The van der Waals surface area contributed by atoms with Crippen molar-refractivity contribution >= 4 is 17.5 Å². The molecular weight excluding hydrogens is 248 g/mol. The number of esters is 1. The van der Waals surface area contributed by atoms with Crippen LogP contribution in [0.3, 0.4) is 0 Å². The molecule has 2 N–H and O–H groups in total. The van der Waals surface area contributed by atoms with E-state index in [0.717, 1.165) is 0 Å². The molecule has 1 rings (SSSR count). The van der Waals surface area contributed by atoms with E-state index >= 15 is 0 Å². The number of nitrogens with one attached hydrogen (secondary N) is 1. The largest absolute Gasteiger partial charge is 0.507 e. The summed E-state index contributed by atoms with van der Waals surface area (Å²) in [6.07, 6.45) is 0. The molecule has 0 saturated heterocycles. The predicted octanol–water partition coefficient (Wildman–Crippen LogP) is 1.30. The van der Waals surface area contributed by atoms with Gasteiger partial charge >= 0.3 is 5.97 Å². The quantitative estimate of drug-likeness (QED) is 0.612. The average molecular weight is 260 g/mol. The number of carbonyl (C=O) groups excluding carboxylic acids is 2. The molecule has 6 heteroatoms. The summed E-state index contributed by atoms with van der Waals surface area (Å²) in [5.41, 5.74) is -0.165. The molecule has 0 aromatic heterocycles. The van der Waals surface area contributed by atoms with E-state index < -0.39 is 24.3 Å². The lowest BCUT2D eigenvalue weighted by Gasteiger charge is -2.08. The summed E-state index contributed by atoms with van der Waals surface area (Å²) in [6, 6.07) is 7.41. The van der Waals surface area contributed by atoms with Crippen molar-refractivity contribution in [3.05, 3.63) is 29.8 Å². The number of aromatic hydroxyl groups is 1. The van der Waals surface area contributed by atoms with Gasteiger partial charge in [-0.25, -0.2) is 4.79 Å². The summed E-state index contributed by atoms with van der Waals surface area (Å²) in [5.74, 6) is -2.98. The van der Waals surface area contributed by atoms with Gasteiger partial charge in [-0.05, 0) is 19.1 Å². The second-order valence-corrected chi connectivity index (χ2v) is 3.80. The standard InChI is InChI=1S/C13H12N2O4/c1-8(15)10(6-14)12(17)7-19-13(18)9-4-2-3-5-11(9)16/h2-5,10,15-16H,7H2,1H3. The smallest absolute Gasteiger partial charge is 0.342 e. The summed E-state index contributed by atoms with van der Waals surface area (Å²) in [5, 5.41) is 25.4. The molecule has 98 valence electrons. The zero-order valence-corrected chi connectivity index (χ0v) is 10.2. The first-order chi connectivity index (χ1) is 8.97. The Morgan fingerprint density at radius 1 is 1.47 bits per heavy atom. The van der Waals surface area contributed by atoms with Crippen LogP contribution in [0, 0.1) is 22.7 Å². The SMILES string of the molecule is CC(=N)C(C#N)C(=O)COC(=O)c1ccccc1O. The molecule has 0 aliphatic carbocycles. The summed E-state index contributed by atoms with van der Waals surface area (Å²) in [7, 11) is 0. The molecule has 0 radical (unpaired) electrons. The number of ketones is 1. The van der Waals surface area contributed by atoms with Crippen LogP contribution in [0.1, 0.15) is 17.3 Å².